The molecule has 4 nitrogen and oxygen atoms in total. The van der Waals surface area contributed by atoms with Crippen LogP contribution in [0.1, 0.15) is 32.1 Å². The second kappa shape index (κ2) is 8.29. The fourth-order valence-corrected chi connectivity index (χ4v) is 0.956. The minimum atomic E-state index is -1.17. The van der Waals surface area contributed by atoms with Gasteiger partial charge in [0.25, 0.3) is 0 Å². The van der Waals surface area contributed by atoms with Gasteiger partial charge in [0.1, 0.15) is 6.42 Å². The Bertz CT molecular complexity index is 200. The maximum Gasteiger partial charge on any atom is 0.316 e. The first-order valence-electron chi connectivity index (χ1n) is 4.60. The number of hydrogen-bond donors (Lipinski definition) is 1. The molecule has 0 aliphatic heterocycles. The Balaban J connectivity index is 0.000000249. The van der Waals surface area contributed by atoms with Gasteiger partial charge in [-0.1, -0.05) is 12.2 Å². The third-order valence-electron chi connectivity index (χ3n) is 1.68. The zero-order valence-electron chi connectivity index (χ0n) is 8.36. The third kappa shape index (κ3) is 8.77. The molecular formula is C10H16O4. The highest BCUT2D eigenvalue weighted by Gasteiger charge is 2.04. The summed E-state index contributed by atoms with van der Waals surface area (Å²) in [5, 5.41) is 7.91. The summed E-state index contributed by atoms with van der Waals surface area (Å²) in [6.45, 7) is 0. The number of carbonyl (C=O) groups is 2. The van der Waals surface area contributed by atoms with Gasteiger partial charge in [-0.15, -0.1) is 0 Å². The molecule has 0 aromatic rings. The lowest BCUT2D eigenvalue weighted by atomic mass is 10.1. The zero-order chi connectivity index (χ0) is 10.8. The van der Waals surface area contributed by atoms with Crippen molar-refractivity contribution in [3.05, 3.63) is 12.2 Å². The smallest absolute Gasteiger partial charge is 0.316 e. The lowest BCUT2D eigenvalue weighted by molar-refractivity contribution is -0.149. The molecule has 0 fully saturated rings. The molecule has 0 radical (unpaired) electrons. The summed E-state index contributed by atoms with van der Waals surface area (Å²) >= 11 is 0. The highest BCUT2D eigenvalue weighted by atomic mass is 16.5. The van der Waals surface area contributed by atoms with Gasteiger partial charge in [0.2, 0.25) is 0 Å². The van der Waals surface area contributed by atoms with Crippen LogP contribution in [0.2, 0.25) is 0 Å². The second-order valence-electron chi connectivity index (χ2n) is 2.90. The molecule has 0 bridgehead atoms. The summed E-state index contributed by atoms with van der Waals surface area (Å²) in [4.78, 5) is 19.7. The zero-order valence-corrected chi connectivity index (χ0v) is 8.36. The van der Waals surface area contributed by atoms with Gasteiger partial charge in [-0.3, -0.25) is 9.59 Å². The third-order valence-corrected chi connectivity index (χ3v) is 1.68. The number of ether oxygens (including phenoxy) is 1. The van der Waals surface area contributed by atoms with Crippen LogP contribution in [-0.4, -0.2) is 24.2 Å². The molecule has 0 saturated heterocycles. The highest BCUT2D eigenvalue weighted by Crippen LogP contribution is 2.07. The van der Waals surface area contributed by atoms with Crippen LogP contribution in [0.15, 0.2) is 12.2 Å². The van der Waals surface area contributed by atoms with E-state index < -0.39 is 18.4 Å². The Labute approximate surface area is 83.6 Å². The largest absolute Gasteiger partial charge is 0.481 e. The van der Waals surface area contributed by atoms with Crippen LogP contribution in [0.25, 0.3) is 0 Å². The first kappa shape index (κ1) is 12.7. The topological polar surface area (TPSA) is 63.6 Å². The Morgan fingerprint density at radius 3 is 1.93 bits per heavy atom. The van der Waals surface area contributed by atoms with Crippen molar-refractivity contribution in [3.8, 4) is 0 Å². The molecule has 0 unspecified atom stereocenters. The first-order valence-corrected chi connectivity index (χ1v) is 4.60. The van der Waals surface area contributed by atoms with Crippen LogP contribution in [0, 0.1) is 0 Å². The van der Waals surface area contributed by atoms with E-state index in [9.17, 15) is 9.59 Å². The first-order chi connectivity index (χ1) is 6.66. The molecule has 14 heavy (non-hydrogen) atoms. The number of aliphatic carboxylic acids is 1. The average molecular weight is 200 g/mol. The van der Waals surface area contributed by atoms with Gasteiger partial charge in [0.15, 0.2) is 0 Å². The normalized spacial score (nSPS) is 13.8. The van der Waals surface area contributed by atoms with Crippen molar-refractivity contribution in [2.24, 2.45) is 0 Å². The molecule has 0 spiro atoms. The Kier molecular flexibility index (Phi) is 7.50. The number of esters is 1. The molecule has 0 amide bonds. The maximum atomic E-state index is 10.0. The van der Waals surface area contributed by atoms with Crippen LogP contribution in [0.5, 0.6) is 0 Å². The molecule has 1 aliphatic carbocycles. The van der Waals surface area contributed by atoms with Crippen molar-refractivity contribution in [1.29, 1.82) is 0 Å². The van der Waals surface area contributed by atoms with Crippen molar-refractivity contribution in [2.45, 2.75) is 32.1 Å². The van der Waals surface area contributed by atoms with E-state index >= 15 is 0 Å². The summed E-state index contributed by atoms with van der Waals surface area (Å²) in [7, 11) is 1.14. The van der Waals surface area contributed by atoms with E-state index in [1.165, 1.54) is 25.7 Å². The Morgan fingerprint density at radius 2 is 1.79 bits per heavy atom. The summed E-state index contributed by atoms with van der Waals surface area (Å²) in [5.74, 6) is -1.89. The molecule has 1 N–H and O–H groups in total. The number of carboxylic acids is 1. The van der Waals surface area contributed by atoms with Gasteiger partial charge < -0.3 is 9.84 Å². The van der Waals surface area contributed by atoms with Gasteiger partial charge in [-0.25, -0.2) is 0 Å². The van der Waals surface area contributed by atoms with E-state index in [1.807, 2.05) is 0 Å². The minimum Gasteiger partial charge on any atom is -0.481 e. The predicted molar refractivity (Wildman–Crippen MR) is 51.9 cm³/mol. The SMILES string of the molecule is C1=CCCCC1.COC(=O)CC(=O)O. The van der Waals surface area contributed by atoms with Crippen molar-refractivity contribution in [3.63, 3.8) is 0 Å². The molecule has 0 aromatic carbocycles. The molecular weight excluding hydrogens is 184 g/mol. The number of methoxy groups -OCH3 is 1. The molecule has 1 rings (SSSR count). The number of allylic oxidation sites excluding steroid dienone is 2. The number of rotatable bonds is 2. The van der Waals surface area contributed by atoms with Crippen molar-refractivity contribution in [2.75, 3.05) is 7.11 Å². The standard InChI is InChI=1S/C6H10.C4H6O4/c1-2-4-6-5-3-1;1-8-4(7)2-3(5)6/h1-2H,3-6H2;2H2,1H3,(H,5,6). The molecule has 1 aliphatic rings. The van der Waals surface area contributed by atoms with E-state index in [2.05, 4.69) is 16.9 Å². The summed E-state index contributed by atoms with van der Waals surface area (Å²) in [5.41, 5.74) is 0. The second-order valence-corrected chi connectivity index (χ2v) is 2.90. The van der Waals surface area contributed by atoms with Crippen molar-refractivity contribution >= 4 is 11.9 Å². The summed E-state index contributed by atoms with van der Waals surface area (Å²) in [6, 6.07) is 0. The van der Waals surface area contributed by atoms with Gasteiger partial charge in [0.05, 0.1) is 7.11 Å². The van der Waals surface area contributed by atoms with E-state index in [-0.39, 0.29) is 0 Å². The average Bonchev–Trinajstić information content (AvgIpc) is 2.20. The van der Waals surface area contributed by atoms with E-state index in [0.717, 1.165) is 7.11 Å². The highest BCUT2D eigenvalue weighted by molar-refractivity contribution is 5.89. The van der Waals surface area contributed by atoms with E-state index in [0.29, 0.717) is 0 Å². The van der Waals surface area contributed by atoms with Gasteiger partial charge >= 0.3 is 11.9 Å². The Morgan fingerprint density at radius 1 is 1.29 bits per heavy atom. The quantitative estimate of drug-likeness (QED) is 0.419. The molecule has 4 heteroatoms. The fraction of sp³-hybridized carbons (Fsp3) is 0.600. The summed E-state index contributed by atoms with van der Waals surface area (Å²) < 4.78 is 4.04. The maximum absolute atomic E-state index is 10.0. The summed E-state index contributed by atoms with van der Waals surface area (Å²) in [6.07, 6.45) is 9.44. The van der Waals surface area contributed by atoms with Gasteiger partial charge in [0, 0.05) is 0 Å². The molecule has 0 heterocycles. The number of hydrogen-bond acceptors (Lipinski definition) is 3. The minimum absolute atomic E-state index is 0.559. The molecule has 80 valence electrons. The van der Waals surface area contributed by atoms with Crippen LogP contribution in [-0.2, 0) is 14.3 Å². The number of carbonyl (C=O) groups excluding carboxylic acids is 1. The predicted octanol–water partition coefficient (Wildman–Crippen LogP) is 1.75. The molecule has 0 aromatic heterocycles. The van der Waals surface area contributed by atoms with Gasteiger partial charge in [-0.05, 0) is 25.7 Å². The van der Waals surface area contributed by atoms with Crippen LogP contribution in [0.4, 0.5) is 0 Å². The van der Waals surface area contributed by atoms with E-state index in [1.54, 1.807) is 0 Å². The monoisotopic (exact) mass is 200 g/mol. The Hall–Kier alpha value is -1.32. The fourth-order valence-electron chi connectivity index (χ4n) is 0.956. The van der Waals surface area contributed by atoms with Crippen molar-refractivity contribution < 1.29 is 19.4 Å². The van der Waals surface area contributed by atoms with Crippen molar-refractivity contribution in [1.82, 2.24) is 0 Å². The lowest BCUT2D eigenvalue weighted by Gasteiger charge is -1.97. The molecule has 0 saturated carbocycles. The van der Waals surface area contributed by atoms with Gasteiger partial charge in [-0.2, -0.15) is 0 Å². The van der Waals surface area contributed by atoms with Crippen LogP contribution >= 0.6 is 0 Å². The molecule has 0 atom stereocenters. The van der Waals surface area contributed by atoms with E-state index in [4.69, 9.17) is 5.11 Å². The van der Waals surface area contributed by atoms with Crippen LogP contribution < -0.4 is 0 Å². The lowest BCUT2D eigenvalue weighted by Crippen LogP contribution is -2.07. The number of carboxylic acid groups (broad SMARTS) is 1. The van der Waals surface area contributed by atoms with Crippen LogP contribution in [0.3, 0.4) is 0 Å².